The number of hydrogen-bond acceptors (Lipinski definition) is 3. The van der Waals surface area contributed by atoms with Crippen LogP contribution in [0.15, 0.2) is 0 Å². The SMILES string of the molecule is CC(C)(C)N1CCN(CCCCC(=N)N)CC1. The van der Waals surface area contributed by atoms with E-state index < -0.39 is 0 Å². The summed E-state index contributed by atoms with van der Waals surface area (Å²) in [6.07, 6.45) is 2.96. The summed E-state index contributed by atoms with van der Waals surface area (Å²) in [4.78, 5) is 5.08. The maximum atomic E-state index is 7.17. The van der Waals surface area contributed by atoms with Crippen molar-refractivity contribution in [2.75, 3.05) is 32.7 Å². The largest absolute Gasteiger partial charge is 0.388 e. The number of nitrogens with zero attached hydrogens (tertiary/aromatic N) is 2. The zero-order valence-electron chi connectivity index (χ0n) is 11.6. The Balaban J connectivity index is 2.13. The Labute approximate surface area is 106 Å². The molecule has 0 spiro atoms. The average Bonchev–Trinajstić information content (AvgIpc) is 2.23. The van der Waals surface area contributed by atoms with E-state index in [9.17, 15) is 0 Å². The fourth-order valence-electron chi connectivity index (χ4n) is 2.29. The molecule has 0 aliphatic carbocycles. The van der Waals surface area contributed by atoms with Crippen molar-refractivity contribution in [3.05, 3.63) is 0 Å². The molecule has 1 fully saturated rings. The third kappa shape index (κ3) is 5.50. The van der Waals surface area contributed by atoms with E-state index in [1.807, 2.05) is 0 Å². The quantitative estimate of drug-likeness (QED) is 0.435. The molecule has 0 bridgehead atoms. The zero-order chi connectivity index (χ0) is 12.9. The summed E-state index contributed by atoms with van der Waals surface area (Å²) in [6.45, 7) is 12.7. The molecule has 100 valence electrons. The Kier molecular flexibility index (Phi) is 5.40. The fraction of sp³-hybridized carbons (Fsp3) is 0.923. The van der Waals surface area contributed by atoms with E-state index in [-0.39, 0.29) is 0 Å². The summed E-state index contributed by atoms with van der Waals surface area (Å²) >= 11 is 0. The first-order chi connectivity index (χ1) is 7.89. The van der Waals surface area contributed by atoms with Gasteiger partial charge in [0.05, 0.1) is 5.84 Å². The van der Waals surface area contributed by atoms with Crippen molar-refractivity contribution in [3.63, 3.8) is 0 Å². The van der Waals surface area contributed by atoms with Gasteiger partial charge in [0.25, 0.3) is 0 Å². The maximum Gasteiger partial charge on any atom is 0.0905 e. The van der Waals surface area contributed by atoms with Gasteiger partial charge in [-0.1, -0.05) is 0 Å². The standard InChI is InChI=1S/C13H28N4/c1-13(2,3)17-10-8-16(9-11-17)7-5-4-6-12(14)15/h4-11H2,1-3H3,(H3,14,15). The van der Waals surface area contributed by atoms with Gasteiger partial charge >= 0.3 is 0 Å². The number of amidine groups is 1. The summed E-state index contributed by atoms with van der Waals surface area (Å²) in [5.74, 6) is 0.322. The molecule has 0 unspecified atom stereocenters. The van der Waals surface area contributed by atoms with Crippen LogP contribution in [0.1, 0.15) is 40.0 Å². The van der Waals surface area contributed by atoms with Crippen LogP contribution in [0.2, 0.25) is 0 Å². The molecule has 1 saturated heterocycles. The molecule has 1 aliphatic heterocycles. The fourth-order valence-corrected chi connectivity index (χ4v) is 2.29. The first-order valence-corrected chi connectivity index (χ1v) is 6.70. The molecule has 1 aliphatic rings. The number of nitrogens with two attached hydrogens (primary N) is 1. The lowest BCUT2D eigenvalue weighted by molar-refractivity contribution is 0.0617. The summed E-state index contributed by atoms with van der Waals surface area (Å²) in [7, 11) is 0. The highest BCUT2D eigenvalue weighted by Gasteiger charge is 2.25. The average molecular weight is 240 g/mol. The van der Waals surface area contributed by atoms with Crippen LogP contribution in [0.5, 0.6) is 0 Å². The van der Waals surface area contributed by atoms with Gasteiger partial charge < -0.3 is 10.6 Å². The van der Waals surface area contributed by atoms with Crippen molar-refractivity contribution in [2.24, 2.45) is 5.73 Å². The highest BCUT2D eigenvalue weighted by molar-refractivity contribution is 5.76. The number of piperazine rings is 1. The minimum Gasteiger partial charge on any atom is -0.388 e. The first-order valence-electron chi connectivity index (χ1n) is 6.70. The highest BCUT2D eigenvalue weighted by Crippen LogP contribution is 2.15. The lowest BCUT2D eigenvalue weighted by atomic mass is 10.0. The van der Waals surface area contributed by atoms with Gasteiger partial charge in [-0.25, -0.2) is 0 Å². The molecule has 0 aromatic heterocycles. The van der Waals surface area contributed by atoms with Gasteiger partial charge in [-0.15, -0.1) is 0 Å². The van der Waals surface area contributed by atoms with E-state index >= 15 is 0 Å². The van der Waals surface area contributed by atoms with Crippen LogP contribution in [0.25, 0.3) is 0 Å². The van der Waals surface area contributed by atoms with Crippen molar-refractivity contribution in [2.45, 2.75) is 45.6 Å². The summed E-state index contributed by atoms with van der Waals surface area (Å²) in [5.41, 5.74) is 5.65. The molecular formula is C13H28N4. The monoisotopic (exact) mass is 240 g/mol. The Morgan fingerprint density at radius 1 is 1.12 bits per heavy atom. The van der Waals surface area contributed by atoms with Crippen LogP contribution in [0.4, 0.5) is 0 Å². The number of unbranched alkanes of at least 4 members (excludes halogenated alkanes) is 1. The maximum absolute atomic E-state index is 7.17. The van der Waals surface area contributed by atoms with E-state index in [2.05, 4.69) is 30.6 Å². The van der Waals surface area contributed by atoms with Gasteiger partial charge in [-0.2, -0.15) is 0 Å². The van der Waals surface area contributed by atoms with Crippen LogP contribution < -0.4 is 5.73 Å². The molecule has 17 heavy (non-hydrogen) atoms. The van der Waals surface area contributed by atoms with Crippen molar-refractivity contribution in [1.29, 1.82) is 5.41 Å². The van der Waals surface area contributed by atoms with Crippen molar-refractivity contribution in [1.82, 2.24) is 9.80 Å². The lowest BCUT2D eigenvalue weighted by Gasteiger charge is -2.42. The molecule has 0 radical (unpaired) electrons. The normalized spacial score (nSPS) is 19.5. The second-order valence-corrected chi connectivity index (χ2v) is 5.98. The molecule has 0 amide bonds. The van der Waals surface area contributed by atoms with Gasteiger partial charge in [-0.05, 0) is 40.2 Å². The molecule has 1 rings (SSSR count). The van der Waals surface area contributed by atoms with Crippen molar-refractivity contribution < 1.29 is 0 Å². The minimum absolute atomic E-state index is 0.306. The first kappa shape index (κ1) is 14.5. The van der Waals surface area contributed by atoms with Crippen molar-refractivity contribution >= 4 is 5.84 Å². The Hall–Kier alpha value is -0.610. The van der Waals surface area contributed by atoms with E-state index in [4.69, 9.17) is 11.1 Å². The second-order valence-electron chi connectivity index (χ2n) is 5.98. The molecular weight excluding hydrogens is 212 g/mol. The lowest BCUT2D eigenvalue weighted by Crippen LogP contribution is -2.53. The van der Waals surface area contributed by atoms with Gasteiger partial charge in [0.2, 0.25) is 0 Å². The topological polar surface area (TPSA) is 56.4 Å². The summed E-state index contributed by atoms with van der Waals surface area (Å²) in [6, 6.07) is 0. The number of rotatable bonds is 5. The summed E-state index contributed by atoms with van der Waals surface area (Å²) in [5, 5.41) is 7.17. The molecule has 1 heterocycles. The molecule has 3 N–H and O–H groups in total. The predicted molar refractivity (Wildman–Crippen MR) is 73.5 cm³/mol. The summed E-state index contributed by atoms with van der Waals surface area (Å²) < 4.78 is 0. The molecule has 0 aromatic rings. The molecule has 4 nitrogen and oxygen atoms in total. The molecule has 4 heteroatoms. The van der Waals surface area contributed by atoms with Crippen LogP contribution in [0.3, 0.4) is 0 Å². The number of nitrogens with one attached hydrogen (secondary N) is 1. The smallest absolute Gasteiger partial charge is 0.0905 e. The molecule has 0 aromatic carbocycles. The third-order valence-corrected chi connectivity index (χ3v) is 3.49. The zero-order valence-corrected chi connectivity index (χ0v) is 11.6. The number of hydrogen-bond donors (Lipinski definition) is 2. The predicted octanol–water partition coefficient (Wildman–Crippen LogP) is 1.51. The van der Waals surface area contributed by atoms with Crippen LogP contribution in [-0.2, 0) is 0 Å². The minimum atomic E-state index is 0.306. The van der Waals surface area contributed by atoms with E-state index in [1.54, 1.807) is 0 Å². The van der Waals surface area contributed by atoms with Gasteiger partial charge in [0, 0.05) is 38.1 Å². The Morgan fingerprint density at radius 2 is 1.71 bits per heavy atom. The molecule has 0 saturated carbocycles. The van der Waals surface area contributed by atoms with Crippen LogP contribution in [-0.4, -0.2) is 53.9 Å². The van der Waals surface area contributed by atoms with E-state index in [0.717, 1.165) is 25.8 Å². The Morgan fingerprint density at radius 3 is 2.18 bits per heavy atom. The Bertz CT molecular complexity index is 236. The van der Waals surface area contributed by atoms with E-state index in [1.165, 1.54) is 26.2 Å². The van der Waals surface area contributed by atoms with Gasteiger partial charge in [0.1, 0.15) is 0 Å². The molecule has 0 atom stereocenters. The van der Waals surface area contributed by atoms with E-state index in [0.29, 0.717) is 11.4 Å². The van der Waals surface area contributed by atoms with Gasteiger partial charge in [-0.3, -0.25) is 10.3 Å². The highest BCUT2D eigenvalue weighted by atomic mass is 15.3. The van der Waals surface area contributed by atoms with Crippen molar-refractivity contribution in [3.8, 4) is 0 Å². The van der Waals surface area contributed by atoms with Gasteiger partial charge in [0.15, 0.2) is 0 Å². The van der Waals surface area contributed by atoms with Crippen LogP contribution >= 0.6 is 0 Å². The second kappa shape index (κ2) is 6.36. The third-order valence-electron chi connectivity index (χ3n) is 3.49. The van der Waals surface area contributed by atoms with Crippen LogP contribution in [0, 0.1) is 5.41 Å².